The van der Waals surface area contributed by atoms with Crippen molar-refractivity contribution in [2.24, 2.45) is 16.4 Å². The number of hydrazone groups is 1. The summed E-state index contributed by atoms with van der Waals surface area (Å²) in [5.41, 5.74) is 4.06. The fraction of sp³-hybridized carbons (Fsp3) is 0.406. The molecule has 9 heteroatoms. The van der Waals surface area contributed by atoms with Crippen LogP contribution in [0.4, 0.5) is 16.2 Å². The van der Waals surface area contributed by atoms with Crippen LogP contribution in [0.25, 0.3) is 11.3 Å². The molecule has 214 valence electrons. The molecule has 5 rings (SSSR count). The Morgan fingerprint density at radius 3 is 2.49 bits per heavy atom. The van der Waals surface area contributed by atoms with Crippen LogP contribution in [-0.4, -0.2) is 46.5 Å². The Bertz CT molecular complexity index is 1480. The summed E-state index contributed by atoms with van der Waals surface area (Å²) in [6, 6.07) is 14.7. The second kappa shape index (κ2) is 11.9. The molecule has 41 heavy (non-hydrogen) atoms. The summed E-state index contributed by atoms with van der Waals surface area (Å²) < 4.78 is 0. The van der Waals surface area contributed by atoms with E-state index in [0.717, 1.165) is 53.2 Å². The second-order valence-corrected chi connectivity index (χ2v) is 12.9. The molecule has 8 nitrogen and oxygen atoms in total. The summed E-state index contributed by atoms with van der Waals surface area (Å²) in [5, 5.41) is 12.0. The number of thiazole rings is 1. The van der Waals surface area contributed by atoms with Crippen LogP contribution in [-0.2, 0) is 9.59 Å². The molecule has 1 aliphatic heterocycles. The largest absolute Gasteiger partial charge is 0.345 e. The molecule has 3 amide bonds. The molecule has 0 unspecified atom stereocenters. The van der Waals surface area contributed by atoms with E-state index in [9.17, 15) is 14.4 Å². The number of urea groups is 1. The number of nitrogens with one attached hydrogen (secondary N) is 1. The zero-order valence-corrected chi connectivity index (χ0v) is 25.0. The summed E-state index contributed by atoms with van der Waals surface area (Å²) in [6.07, 6.45) is 5.33. The number of carbonyl (C=O) groups excluding carboxylic acids is 3. The molecule has 0 spiro atoms. The van der Waals surface area contributed by atoms with Crippen LogP contribution in [0.2, 0.25) is 0 Å². The van der Waals surface area contributed by atoms with E-state index in [-0.39, 0.29) is 30.7 Å². The van der Waals surface area contributed by atoms with Crippen molar-refractivity contribution < 1.29 is 14.4 Å². The Balaban J connectivity index is 1.45. The van der Waals surface area contributed by atoms with E-state index in [4.69, 9.17) is 5.10 Å². The van der Waals surface area contributed by atoms with Crippen molar-refractivity contribution in [3.05, 3.63) is 64.5 Å². The normalized spacial score (nSPS) is 16.2. The minimum atomic E-state index is -0.627. The third-order valence-corrected chi connectivity index (χ3v) is 8.41. The number of hydrogen-bond acceptors (Lipinski definition) is 6. The Morgan fingerprint density at radius 2 is 1.78 bits per heavy atom. The first-order valence-electron chi connectivity index (χ1n) is 14.2. The van der Waals surface area contributed by atoms with Crippen molar-refractivity contribution >= 4 is 46.1 Å². The molecule has 0 bridgehead atoms. The number of nitrogens with zero attached hydrogens (tertiary/aromatic N) is 4. The standard InChI is InChI=1S/C32H37N5O3S/c1-21-33-26(20-41-21)23-13-10-14-24(17-23)34-29(39)19-37-31(40)36(18-28(38)32(2,3)4)27-16-9-8-15-25(27)30(35-37)22-11-6-5-7-12-22/h8-10,13-17,20,22H,5-7,11-12,18-19H2,1-4H3,(H,34,39). The first-order valence-corrected chi connectivity index (χ1v) is 15.1. The number of aromatic nitrogens is 1. The highest BCUT2D eigenvalue weighted by molar-refractivity contribution is 7.09. The summed E-state index contributed by atoms with van der Waals surface area (Å²) in [6.45, 7) is 7.12. The van der Waals surface area contributed by atoms with Gasteiger partial charge in [0.15, 0.2) is 5.78 Å². The third kappa shape index (κ3) is 6.56. The maximum atomic E-state index is 14.0. The molecule has 1 N–H and O–H groups in total. The van der Waals surface area contributed by atoms with Gasteiger partial charge < -0.3 is 5.32 Å². The number of aryl methyl sites for hydroxylation is 1. The topological polar surface area (TPSA) is 95.0 Å². The van der Waals surface area contributed by atoms with Crippen molar-refractivity contribution in [1.29, 1.82) is 0 Å². The van der Waals surface area contributed by atoms with Crippen molar-refractivity contribution in [2.75, 3.05) is 23.3 Å². The third-order valence-electron chi connectivity index (χ3n) is 7.64. The molecule has 2 heterocycles. The summed E-state index contributed by atoms with van der Waals surface area (Å²) >= 11 is 1.57. The molecule has 0 saturated heterocycles. The van der Waals surface area contributed by atoms with Gasteiger partial charge >= 0.3 is 6.03 Å². The number of rotatable bonds is 7. The van der Waals surface area contributed by atoms with E-state index in [1.165, 1.54) is 16.3 Å². The van der Waals surface area contributed by atoms with Crippen molar-refractivity contribution in [1.82, 2.24) is 9.99 Å². The smallest absolute Gasteiger partial charge is 0.324 e. The molecule has 2 aromatic carbocycles. The quantitative estimate of drug-likeness (QED) is 0.334. The minimum absolute atomic E-state index is 0.0692. The molecule has 0 atom stereocenters. The number of carbonyl (C=O) groups is 3. The second-order valence-electron chi connectivity index (χ2n) is 11.8. The number of amides is 3. The van der Waals surface area contributed by atoms with E-state index in [0.29, 0.717) is 11.4 Å². The highest BCUT2D eigenvalue weighted by Crippen LogP contribution is 2.34. The molecule has 1 aliphatic carbocycles. The Kier molecular flexibility index (Phi) is 8.35. The molecule has 0 radical (unpaired) electrons. The lowest BCUT2D eigenvalue weighted by Crippen LogP contribution is -2.47. The SMILES string of the molecule is Cc1nc(-c2cccc(NC(=O)CN3N=C(C4CCCCC4)c4ccccc4N(CC(=O)C(C)(C)C)C3=O)c2)cs1. The van der Waals surface area contributed by atoms with Crippen LogP contribution >= 0.6 is 11.3 Å². The number of benzene rings is 2. The highest BCUT2D eigenvalue weighted by Gasteiger charge is 2.36. The van der Waals surface area contributed by atoms with Gasteiger partial charge in [0, 0.05) is 33.5 Å². The van der Waals surface area contributed by atoms with Crippen LogP contribution in [0.5, 0.6) is 0 Å². The first kappa shape index (κ1) is 28.7. The fourth-order valence-corrected chi connectivity index (χ4v) is 5.92. The molecular formula is C32H37N5O3S. The first-order chi connectivity index (χ1) is 19.6. The lowest BCUT2D eigenvalue weighted by molar-refractivity contribution is -0.124. The number of para-hydroxylation sites is 1. The Hall–Kier alpha value is -3.85. The number of hydrogen-bond donors (Lipinski definition) is 1. The van der Waals surface area contributed by atoms with Crippen LogP contribution < -0.4 is 10.2 Å². The van der Waals surface area contributed by atoms with Gasteiger partial charge in [0.05, 0.1) is 28.6 Å². The van der Waals surface area contributed by atoms with E-state index in [1.807, 2.05) is 81.6 Å². The average molecular weight is 572 g/mol. The Morgan fingerprint density at radius 1 is 1.02 bits per heavy atom. The van der Waals surface area contributed by atoms with E-state index >= 15 is 0 Å². The van der Waals surface area contributed by atoms with Gasteiger partial charge in [-0.25, -0.2) is 14.8 Å². The van der Waals surface area contributed by atoms with Crippen LogP contribution in [0.1, 0.15) is 63.4 Å². The fourth-order valence-electron chi connectivity index (χ4n) is 5.30. The number of anilines is 2. The predicted molar refractivity (Wildman–Crippen MR) is 164 cm³/mol. The number of Topliss-reactive ketones (excluding diaryl/α,β-unsaturated/α-hetero) is 1. The van der Waals surface area contributed by atoms with Gasteiger partial charge in [0.2, 0.25) is 5.91 Å². The van der Waals surface area contributed by atoms with E-state index < -0.39 is 11.4 Å². The van der Waals surface area contributed by atoms with Gasteiger partial charge in [-0.05, 0) is 38.0 Å². The molecule has 1 fully saturated rings. The van der Waals surface area contributed by atoms with E-state index in [1.54, 1.807) is 11.3 Å². The predicted octanol–water partition coefficient (Wildman–Crippen LogP) is 6.90. The lowest BCUT2D eigenvalue weighted by Gasteiger charge is -2.28. The average Bonchev–Trinajstić information content (AvgIpc) is 3.35. The molecular weight excluding hydrogens is 534 g/mol. The number of fused-ring (bicyclic) bond motifs is 1. The molecule has 1 aromatic heterocycles. The van der Waals surface area contributed by atoms with Crippen LogP contribution in [0, 0.1) is 18.3 Å². The van der Waals surface area contributed by atoms with Crippen LogP contribution in [0.15, 0.2) is 59.0 Å². The molecule has 3 aromatic rings. The monoisotopic (exact) mass is 571 g/mol. The van der Waals surface area contributed by atoms with Gasteiger partial charge in [-0.3, -0.25) is 14.5 Å². The van der Waals surface area contributed by atoms with Crippen LogP contribution in [0.3, 0.4) is 0 Å². The lowest BCUT2D eigenvalue weighted by atomic mass is 9.83. The summed E-state index contributed by atoms with van der Waals surface area (Å²) in [4.78, 5) is 46.6. The van der Waals surface area contributed by atoms with Crippen molar-refractivity contribution in [2.45, 2.75) is 59.8 Å². The highest BCUT2D eigenvalue weighted by atomic mass is 32.1. The maximum absolute atomic E-state index is 14.0. The van der Waals surface area contributed by atoms with Gasteiger partial charge in [-0.2, -0.15) is 5.10 Å². The van der Waals surface area contributed by atoms with Crippen molar-refractivity contribution in [3.8, 4) is 11.3 Å². The summed E-state index contributed by atoms with van der Waals surface area (Å²) in [5.74, 6) is -0.259. The molecule has 2 aliphatic rings. The summed E-state index contributed by atoms with van der Waals surface area (Å²) in [7, 11) is 0. The Labute approximate surface area is 245 Å². The minimum Gasteiger partial charge on any atom is -0.324 e. The van der Waals surface area contributed by atoms with Gasteiger partial charge in [-0.15, -0.1) is 11.3 Å². The van der Waals surface area contributed by atoms with E-state index in [2.05, 4.69) is 10.3 Å². The number of ketones is 1. The zero-order valence-electron chi connectivity index (χ0n) is 24.1. The van der Waals surface area contributed by atoms with Crippen molar-refractivity contribution in [3.63, 3.8) is 0 Å². The van der Waals surface area contributed by atoms with Gasteiger partial charge in [0.1, 0.15) is 6.54 Å². The maximum Gasteiger partial charge on any atom is 0.345 e. The zero-order chi connectivity index (χ0) is 29.1. The molecule has 1 saturated carbocycles. The van der Waals surface area contributed by atoms with Gasteiger partial charge in [0.25, 0.3) is 0 Å². The van der Waals surface area contributed by atoms with Gasteiger partial charge in [-0.1, -0.05) is 70.4 Å².